The average Bonchev–Trinajstić information content (AvgIpc) is 2.64. The van der Waals surface area contributed by atoms with Gasteiger partial charge in [-0.15, -0.1) is 0 Å². The molecule has 0 aliphatic heterocycles. The van der Waals surface area contributed by atoms with E-state index in [4.69, 9.17) is 9.47 Å². The maximum Gasteiger partial charge on any atom is 0.252 e. The Balaban J connectivity index is 1.93. The smallest absolute Gasteiger partial charge is 0.252 e. The Morgan fingerprint density at radius 1 is 1.24 bits per heavy atom. The Bertz CT molecular complexity index is 690. The number of halogens is 1. The molecule has 0 unspecified atom stereocenters. The van der Waals surface area contributed by atoms with Crippen molar-refractivity contribution in [1.82, 2.24) is 10.3 Å². The number of aromatic nitrogens is 1. The molecule has 0 aliphatic rings. The molecular weight excluding hydrogens is 323 g/mol. The molecule has 0 saturated heterocycles. The summed E-state index contributed by atoms with van der Waals surface area (Å²) in [5, 5.41) is 2.82. The molecule has 0 radical (unpaired) electrons. The Labute approximate surface area is 147 Å². The van der Waals surface area contributed by atoms with Gasteiger partial charge >= 0.3 is 0 Å². The summed E-state index contributed by atoms with van der Waals surface area (Å²) in [7, 11) is 1.48. The van der Waals surface area contributed by atoms with E-state index in [1.807, 2.05) is 0 Å². The van der Waals surface area contributed by atoms with Gasteiger partial charge in [0.2, 0.25) is 0 Å². The highest BCUT2D eigenvalue weighted by Crippen LogP contribution is 2.24. The summed E-state index contributed by atoms with van der Waals surface area (Å²) in [6.45, 7) is 3.97. The second kappa shape index (κ2) is 9.74. The van der Waals surface area contributed by atoms with Crippen molar-refractivity contribution in [1.29, 1.82) is 0 Å². The number of carbonyl (C=O) groups is 1. The number of nitrogens with one attached hydrogen (secondary N) is 1. The number of rotatable bonds is 9. The van der Waals surface area contributed by atoms with E-state index in [1.54, 1.807) is 18.2 Å². The van der Waals surface area contributed by atoms with Crippen LogP contribution in [0.25, 0.3) is 11.3 Å². The molecule has 0 aliphatic carbocycles. The minimum Gasteiger partial charge on any atom is -0.497 e. The second-order valence-electron chi connectivity index (χ2n) is 5.53. The summed E-state index contributed by atoms with van der Waals surface area (Å²) in [5.74, 6) is -0.168. The molecule has 1 aromatic heterocycles. The number of methoxy groups -OCH3 is 1. The van der Waals surface area contributed by atoms with Crippen molar-refractivity contribution in [3.8, 4) is 17.0 Å². The molecule has 0 spiro atoms. The first-order valence-corrected chi connectivity index (χ1v) is 8.31. The van der Waals surface area contributed by atoms with Gasteiger partial charge in [0.25, 0.3) is 5.91 Å². The lowest BCUT2D eigenvalue weighted by atomic mass is 10.1. The highest BCUT2D eigenvalue weighted by atomic mass is 19.1. The predicted molar refractivity (Wildman–Crippen MR) is 94.2 cm³/mol. The number of pyridine rings is 1. The molecule has 134 valence electrons. The van der Waals surface area contributed by atoms with Gasteiger partial charge in [-0.25, -0.2) is 4.39 Å². The lowest BCUT2D eigenvalue weighted by Crippen LogP contribution is -2.25. The van der Waals surface area contributed by atoms with E-state index in [1.165, 1.54) is 25.4 Å². The van der Waals surface area contributed by atoms with Gasteiger partial charge in [0.15, 0.2) is 0 Å². The maximum atomic E-state index is 13.6. The molecule has 0 bridgehead atoms. The van der Waals surface area contributed by atoms with Crippen molar-refractivity contribution in [3.63, 3.8) is 0 Å². The third-order valence-corrected chi connectivity index (χ3v) is 3.53. The van der Waals surface area contributed by atoms with Crippen molar-refractivity contribution < 1.29 is 18.7 Å². The molecule has 0 atom stereocenters. The quantitative estimate of drug-likeness (QED) is 0.707. The fourth-order valence-electron chi connectivity index (χ4n) is 2.25. The molecule has 1 aromatic carbocycles. The number of nitrogens with zero attached hydrogens (tertiary/aromatic N) is 1. The van der Waals surface area contributed by atoms with Gasteiger partial charge in [-0.3, -0.25) is 9.78 Å². The standard InChI is InChI=1S/C19H23FN2O3/c1-3-8-25-9-4-7-21-19(23)14-5-6-18(22-13-14)15-10-16(20)12-17(11-15)24-2/h5-6,10-13H,3-4,7-9H2,1-2H3,(H,21,23). The van der Waals surface area contributed by atoms with Crippen LogP contribution in [0.2, 0.25) is 0 Å². The van der Waals surface area contributed by atoms with Crippen LogP contribution in [-0.2, 0) is 4.74 Å². The van der Waals surface area contributed by atoms with Crippen LogP contribution >= 0.6 is 0 Å². The minimum atomic E-state index is -0.400. The van der Waals surface area contributed by atoms with E-state index in [0.29, 0.717) is 35.7 Å². The minimum absolute atomic E-state index is 0.189. The van der Waals surface area contributed by atoms with Crippen molar-refractivity contribution in [2.75, 3.05) is 26.9 Å². The largest absolute Gasteiger partial charge is 0.497 e. The third-order valence-electron chi connectivity index (χ3n) is 3.53. The molecule has 5 nitrogen and oxygen atoms in total. The third kappa shape index (κ3) is 5.83. The molecule has 1 amide bonds. The zero-order valence-corrected chi connectivity index (χ0v) is 14.5. The topological polar surface area (TPSA) is 60.5 Å². The van der Waals surface area contributed by atoms with Crippen LogP contribution in [0.3, 0.4) is 0 Å². The fourth-order valence-corrected chi connectivity index (χ4v) is 2.25. The van der Waals surface area contributed by atoms with Crippen LogP contribution < -0.4 is 10.1 Å². The van der Waals surface area contributed by atoms with E-state index in [9.17, 15) is 9.18 Å². The first-order chi connectivity index (χ1) is 12.1. The van der Waals surface area contributed by atoms with E-state index < -0.39 is 5.82 Å². The lowest BCUT2D eigenvalue weighted by molar-refractivity contribution is 0.0941. The molecular formula is C19H23FN2O3. The average molecular weight is 346 g/mol. The predicted octanol–water partition coefficient (Wildman–Crippen LogP) is 3.44. The zero-order valence-electron chi connectivity index (χ0n) is 14.5. The van der Waals surface area contributed by atoms with Gasteiger partial charge in [0, 0.05) is 37.6 Å². The van der Waals surface area contributed by atoms with E-state index in [-0.39, 0.29) is 5.91 Å². The molecule has 1 heterocycles. The van der Waals surface area contributed by atoms with E-state index >= 15 is 0 Å². The van der Waals surface area contributed by atoms with E-state index in [2.05, 4.69) is 17.2 Å². The number of benzene rings is 1. The monoisotopic (exact) mass is 346 g/mol. The molecule has 0 saturated carbocycles. The van der Waals surface area contributed by atoms with Crippen LogP contribution in [0.5, 0.6) is 5.75 Å². The van der Waals surface area contributed by atoms with Gasteiger partial charge in [0.1, 0.15) is 11.6 Å². The van der Waals surface area contributed by atoms with Crippen molar-refractivity contribution >= 4 is 5.91 Å². The molecule has 25 heavy (non-hydrogen) atoms. The Morgan fingerprint density at radius 2 is 2.08 bits per heavy atom. The highest BCUT2D eigenvalue weighted by Gasteiger charge is 2.08. The van der Waals surface area contributed by atoms with Crippen molar-refractivity contribution in [3.05, 3.63) is 47.9 Å². The maximum absolute atomic E-state index is 13.6. The van der Waals surface area contributed by atoms with Gasteiger partial charge in [-0.05, 0) is 37.1 Å². The molecule has 0 fully saturated rings. The SMILES string of the molecule is CCCOCCCNC(=O)c1ccc(-c2cc(F)cc(OC)c2)nc1. The van der Waals surface area contributed by atoms with Crippen LogP contribution in [0.15, 0.2) is 36.5 Å². The van der Waals surface area contributed by atoms with Gasteiger partial charge in [0.05, 0.1) is 18.4 Å². The van der Waals surface area contributed by atoms with E-state index in [0.717, 1.165) is 19.4 Å². The second-order valence-corrected chi connectivity index (χ2v) is 5.53. The number of hydrogen-bond donors (Lipinski definition) is 1. The molecule has 2 rings (SSSR count). The number of ether oxygens (including phenoxy) is 2. The van der Waals surface area contributed by atoms with Gasteiger partial charge in [-0.2, -0.15) is 0 Å². The highest BCUT2D eigenvalue weighted by molar-refractivity contribution is 5.94. The number of hydrogen-bond acceptors (Lipinski definition) is 4. The Hall–Kier alpha value is -2.47. The normalized spacial score (nSPS) is 10.5. The summed E-state index contributed by atoms with van der Waals surface area (Å²) in [6.07, 6.45) is 3.23. The Morgan fingerprint density at radius 3 is 2.76 bits per heavy atom. The van der Waals surface area contributed by atoms with Gasteiger partial charge in [-0.1, -0.05) is 6.92 Å². The van der Waals surface area contributed by atoms with Crippen LogP contribution in [0, 0.1) is 5.82 Å². The number of amides is 1. The summed E-state index contributed by atoms with van der Waals surface area (Å²) in [4.78, 5) is 16.3. The fraction of sp³-hybridized carbons (Fsp3) is 0.368. The first kappa shape index (κ1) is 18.9. The summed E-state index contributed by atoms with van der Waals surface area (Å²) in [5.41, 5.74) is 1.63. The Kier molecular flexibility index (Phi) is 7.35. The molecule has 2 aromatic rings. The van der Waals surface area contributed by atoms with Crippen LogP contribution in [0.4, 0.5) is 4.39 Å². The van der Waals surface area contributed by atoms with Crippen LogP contribution in [-0.4, -0.2) is 37.8 Å². The van der Waals surface area contributed by atoms with Crippen molar-refractivity contribution in [2.24, 2.45) is 0 Å². The van der Waals surface area contributed by atoms with Crippen LogP contribution in [0.1, 0.15) is 30.1 Å². The summed E-state index contributed by atoms with van der Waals surface area (Å²) < 4.78 is 24.0. The zero-order chi connectivity index (χ0) is 18.1. The molecule has 1 N–H and O–H groups in total. The first-order valence-electron chi connectivity index (χ1n) is 8.31. The lowest BCUT2D eigenvalue weighted by Gasteiger charge is -2.07. The summed E-state index contributed by atoms with van der Waals surface area (Å²) in [6, 6.07) is 7.73. The van der Waals surface area contributed by atoms with Gasteiger partial charge < -0.3 is 14.8 Å². The molecule has 6 heteroatoms. The number of carbonyl (C=O) groups excluding carboxylic acids is 1. The summed E-state index contributed by atoms with van der Waals surface area (Å²) >= 11 is 0. The van der Waals surface area contributed by atoms with Crippen molar-refractivity contribution in [2.45, 2.75) is 19.8 Å².